The Morgan fingerprint density at radius 2 is 1.53 bits per heavy atom. The smallest absolute Gasteiger partial charge is 0.206 e. The molecule has 174 valence electrons. The third-order valence-corrected chi connectivity index (χ3v) is 11.6. The maximum absolute atomic E-state index is 13.3. The SMILES string of the molecule is [B]c1cc(S(=O)(=O)c2cc(Br)c(O[CH-]C(Br)CBr)c(Br)c2)cc(Br)c1OCC(Br)[C-](C)Br. The van der Waals surface area contributed by atoms with E-state index >= 15 is 0 Å². The Hall–Kier alpha value is 1.41. The Bertz CT molecular complexity index is 1020. The molecule has 0 amide bonds. The second-order valence-electron chi connectivity index (χ2n) is 6.33. The van der Waals surface area contributed by atoms with Crippen molar-refractivity contribution in [3.63, 3.8) is 0 Å². The molecule has 4 nitrogen and oxygen atoms in total. The van der Waals surface area contributed by atoms with E-state index in [0.717, 1.165) is 4.83 Å². The highest BCUT2D eigenvalue weighted by Crippen LogP contribution is 2.39. The Labute approximate surface area is 248 Å². The van der Waals surface area contributed by atoms with Crippen LogP contribution in [0.1, 0.15) is 6.92 Å². The zero-order valence-corrected chi connectivity index (χ0v) is 28.1. The predicted molar refractivity (Wildman–Crippen MR) is 154 cm³/mol. The van der Waals surface area contributed by atoms with Crippen LogP contribution >= 0.6 is 112 Å². The van der Waals surface area contributed by atoms with E-state index in [2.05, 4.69) is 112 Å². The lowest BCUT2D eigenvalue weighted by Gasteiger charge is -2.25. The molecule has 2 atom stereocenters. The minimum absolute atomic E-state index is 0.0121. The first-order valence-electron chi connectivity index (χ1n) is 8.67. The molecule has 0 bridgehead atoms. The lowest BCUT2D eigenvalue weighted by molar-refractivity contribution is 0.326. The van der Waals surface area contributed by atoms with Crippen molar-refractivity contribution < 1.29 is 17.9 Å². The Morgan fingerprint density at radius 1 is 1.03 bits per heavy atom. The zero-order valence-electron chi connectivity index (χ0n) is 16.2. The van der Waals surface area contributed by atoms with Gasteiger partial charge < -0.3 is 25.4 Å². The topological polar surface area (TPSA) is 52.6 Å². The maximum atomic E-state index is 13.3. The van der Waals surface area contributed by atoms with E-state index in [1.54, 1.807) is 6.61 Å². The van der Waals surface area contributed by atoms with Crippen LogP contribution in [-0.4, -0.2) is 37.9 Å². The molecule has 2 rings (SSSR count). The molecular weight excluding hydrogens is 894 g/mol. The van der Waals surface area contributed by atoms with E-state index in [1.807, 2.05) is 6.92 Å². The number of hydrogen-bond acceptors (Lipinski definition) is 4. The number of rotatable bonds is 10. The first-order chi connectivity index (χ1) is 14.9. The van der Waals surface area contributed by atoms with E-state index in [0.29, 0.717) is 36.9 Å². The van der Waals surface area contributed by atoms with Crippen molar-refractivity contribution in [1.29, 1.82) is 0 Å². The summed E-state index contributed by atoms with van der Waals surface area (Å²) in [7, 11) is 2.25. The standard InChI is InChI=1S/C19H14BBr7O4S/c1-9(22)17(27)8-31-18-13(20)2-11(3-14(18)24)32(28,29)12-4-15(25)19(16(26)5-12)30-7-10(23)6-21/h2-5,7,10,17H,6,8H2,1H3/q-2. The average molecular weight is 909 g/mol. The van der Waals surface area contributed by atoms with Crippen molar-refractivity contribution in [2.45, 2.75) is 26.4 Å². The summed E-state index contributed by atoms with van der Waals surface area (Å²) in [5.41, 5.74) is 0.204. The highest BCUT2D eigenvalue weighted by atomic mass is 79.9. The molecule has 0 aliphatic heterocycles. The Kier molecular flexibility index (Phi) is 12.1. The van der Waals surface area contributed by atoms with E-state index in [9.17, 15) is 8.42 Å². The van der Waals surface area contributed by atoms with Crippen LogP contribution in [0.15, 0.2) is 47.5 Å². The third-order valence-electron chi connectivity index (χ3n) is 3.92. The first-order valence-corrected chi connectivity index (χ1v) is 16.3. The molecule has 13 heteroatoms. The van der Waals surface area contributed by atoms with Crippen LogP contribution in [0.3, 0.4) is 0 Å². The van der Waals surface area contributed by atoms with Crippen LogP contribution in [-0.2, 0) is 9.84 Å². The van der Waals surface area contributed by atoms with Gasteiger partial charge in [0, 0.05) is 0 Å². The summed E-state index contributed by atoms with van der Waals surface area (Å²) in [4.78, 5) is 1.03. The quantitative estimate of drug-likeness (QED) is 0.142. The van der Waals surface area contributed by atoms with Crippen LogP contribution < -0.4 is 14.9 Å². The molecular formula is C19H14BBr7O4S-2. The Balaban J connectivity index is 2.35. The summed E-state index contributed by atoms with van der Waals surface area (Å²) in [5.74, 6) is 0.835. The molecule has 2 unspecified atom stereocenters. The van der Waals surface area contributed by atoms with E-state index in [1.165, 1.54) is 24.3 Å². The lowest BCUT2D eigenvalue weighted by Crippen LogP contribution is -2.19. The summed E-state index contributed by atoms with van der Waals surface area (Å²) < 4.78 is 39.4. The molecule has 2 radical (unpaired) electrons. The molecule has 0 aliphatic carbocycles. The van der Waals surface area contributed by atoms with Gasteiger partial charge in [0.1, 0.15) is 19.3 Å². The highest BCUT2D eigenvalue weighted by Gasteiger charge is 2.23. The fourth-order valence-electron chi connectivity index (χ4n) is 2.29. The van der Waals surface area contributed by atoms with Crippen LogP contribution in [0, 0.1) is 11.4 Å². The van der Waals surface area contributed by atoms with Gasteiger partial charge in [-0.05, 0) is 77.4 Å². The van der Waals surface area contributed by atoms with E-state index in [4.69, 9.17) is 17.3 Å². The lowest BCUT2D eigenvalue weighted by atomic mass is 9.95. The van der Waals surface area contributed by atoms with Gasteiger partial charge in [0.2, 0.25) is 9.84 Å². The minimum Gasteiger partial charge on any atom is -0.660 e. The van der Waals surface area contributed by atoms with Crippen molar-refractivity contribution in [3.8, 4) is 11.5 Å². The molecule has 0 N–H and O–H groups in total. The van der Waals surface area contributed by atoms with Crippen LogP contribution in [0.5, 0.6) is 11.5 Å². The first kappa shape index (κ1) is 29.6. The second kappa shape index (κ2) is 13.1. The van der Waals surface area contributed by atoms with Crippen molar-refractivity contribution in [3.05, 3.63) is 49.1 Å². The third kappa shape index (κ3) is 7.70. The van der Waals surface area contributed by atoms with E-state index < -0.39 is 9.84 Å². The molecule has 0 heterocycles. The average Bonchev–Trinajstić information content (AvgIpc) is 2.71. The molecule has 2 aromatic rings. The van der Waals surface area contributed by atoms with Gasteiger partial charge in [0.05, 0.1) is 29.8 Å². The zero-order chi connectivity index (χ0) is 24.2. The van der Waals surface area contributed by atoms with Gasteiger partial charge in [0.25, 0.3) is 0 Å². The number of halogens is 7. The molecule has 0 saturated heterocycles. The van der Waals surface area contributed by atoms with Crippen molar-refractivity contribution in [2.75, 3.05) is 11.9 Å². The monoisotopic (exact) mass is 902 g/mol. The van der Waals surface area contributed by atoms with Crippen LogP contribution in [0.2, 0.25) is 0 Å². The Morgan fingerprint density at radius 3 is 2.00 bits per heavy atom. The summed E-state index contributed by atoms with van der Waals surface area (Å²) in [6, 6.07) is 5.83. The van der Waals surface area contributed by atoms with Gasteiger partial charge >= 0.3 is 0 Å². The summed E-state index contributed by atoms with van der Waals surface area (Å²) >= 11 is 23.8. The predicted octanol–water partition coefficient (Wildman–Crippen LogP) is 7.39. The molecule has 2 aromatic carbocycles. The summed E-state index contributed by atoms with van der Waals surface area (Å²) in [6.07, 6.45) is 0. The number of sulfone groups is 1. The number of hydrogen-bond donors (Lipinski definition) is 0. The van der Waals surface area contributed by atoms with Crippen LogP contribution in [0.25, 0.3) is 0 Å². The van der Waals surface area contributed by atoms with Gasteiger partial charge in [0.15, 0.2) is 0 Å². The largest absolute Gasteiger partial charge is 0.660 e. The molecule has 0 aromatic heterocycles. The molecule has 32 heavy (non-hydrogen) atoms. The van der Waals surface area contributed by atoms with Crippen molar-refractivity contribution >= 4 is 135 Å². The molecule has 0 aliphatic rings. The van der Waals surface area contributed by atoms with Crippen molar-refractivity contribution in [2.24, 2.45) is 0 Å². The number of benzene rings is 2. The molecule has 0 saturated carbocycles. The number of alkyl halides is 3. The van der Waals surface area contributed by atoms with Gasteiger partial charge in [-0.25, -0.2) is 13.2 Å². The maximum Gasteiger partial charge on any atom is 0.206 e. The van der Waals surface area contributed by atoms with Crippen molar-refractivity contribution in [1.82, 2.24) is 0 Å². The second-order valence-corrected chi connectivity index (χ2v) is 15.0. The fraction of sp³-hybridized carbons (Fsp3) is 0.263. The molecule has 0 fully saturated rings. The highest BCUT2D eigenvalue weighted by molar-refractivity contribution is 9.13. The van der Waals surface area contributed by atoms with Gasteiger partial charge in [-0.3, -0.25) is 0 Å². The summed E-state index contributed by atoms with van der Waals surface area (Å²) in [6.45, 7) is 3.81. The fourth-order valence-corrected chi connectivity index (χ4v) is 6.60. The van der Waals surface area contributed by atoms with Gasteiger partial charge in [-0.15, -0.1) is 38.5 Å². The van der Waals surface area contributed by atoms with Crippen LogP contribution in [0.4, 0.5) is 0 Å². The van der Waals surface area contributed by atoms with Gasteiger partial charge in [-0.1, -0.05) is 31.0 Å². The normalized spacial score (nSPS) is 13.8. The summed E-state index contributed by atoms with van der Waals surface area (Å²) in [5, 5.41) is 0.662. The van der Waals surface area contributed by atoms with E-state index in [-0.39, 0.29) is 24.9 Å². The van der Waals surface area contributed by atoms with Gasteiger partial charge in [-0.2, -0.15) is 6.92 Å². The number of ether oxygens (including phenoxy) is 2. The minimum atomic E-state index is -3.87. The molecule has 0 spiro atoms.